The normalized spacial score (nSPS) is 11.2. The van der Waals surface area contributed by atoms with Gasteiger partial charge in [-0.1, -0.05) is 6.07 Å². The van der Waals surface area contributed by atoms with E-state index in [1.807, 2.05) is 6.92 Å². The van der Waals surface area contributed by atoms with Crippen molar-refractivity contribution in [1.82, 2.24) is 0 Å². The van der Waals surface area contributed by atoms with Crippen LogP contribution in [0.1, 0.15) is 28.8 Å². The largest absolute Gasteiger partial charge is 0.493 e. The van der Waals surface area contributed by atoms with Crippen LogP contribution in [0.15, 0.2) is 62.3 Å². The van der Waals surface area contributed by atoms with E-state index >= 15 is 0 Å². The van der Waals surface area contributed by atoms with Crippen LogP contribution < -0.4 is 14.8 Å². The first kappa shape index (κ1) is 21.9. The zero-order chi connectivity index (χ0) is 21.9. The fourth-order valence-corrected chi connectivity index (χ4v) is 4.43. The summed E-state index contributed by atoms with van der Waals surface area (Å²) in [6.07, 6.45) is 0. The smallest absolute Gasteiger partial charge is 0.261 e. The molecule has 9 heteroatoms. The summed E-state index contributed by atoms with van der Waals surface area (Å²) < 4.78 is 39.6. The van der Waals surface area contributed by atoms with Crippen molar-refractivity contribution < 1.29 is 22.4 Å². The second kappa shape index (κ2) is 8.93. The molecule has 1 aromatic heterocycles. The van der Waals surface area contributed by atoms with Gasteiger partial charge in [0.1, 0.15) is 17.3 Å². The topological polar surface area (TPSA) is 97.6 Å². The molecular formula is C21H21BrN2O5S. The molecule has 3 rings (SSSR count). The molecule has 158 valence electrons. The van der Waals surface area contributed by atoms with Gasteiger partial charge in [-0.25, -0.2) is 8.42 Å². The lowest BCUT2D eigenvalue weighted by molar-refractivity contribution is 0.102. The fraction of sp³-hybridized carbons (Fsp3) is 0.190. The molecule has 2 aromatic carbocycles. The number of furan rings is 1. The van der Waals surface area contributed by atoms with Crippen LogP contribution in [0.25, 0.3) is 0 Å². The number of amides is 1. The van der Waals surface area contributed by atoms with Crippen molar-refractivity contribution in [1.29, 1.82) is 0 Å². The molecule has 3 aromatic rings. The van der Waals surface area contributed by atoms with E-state index in [1.54, 1.807) is 50.2 Å². The number of benzene rings is 2. The van der Waals surface area contributed by atoms with Crippen molar-refractivity contribution in [2.45, 2.75) is 25.7 Å². The van der Waals surface area contributed by atoms with Crippen molar-refractivity contribution in [3.63, 3.8) is 0 Å². The number of nitrogens with one attached hydrogen (secondary N) is 2. The van der Waals surface area contributed by atoms with Crippen molar-refractivity contribution >= 4 is 43.2 Å². The molecule has 0 fully saturated rings. The lowest BCUT2D eigenvalue weighted by Gasteiger charge is -2.12. The van der Waals surface area contributed by atoms with Gasteiger partial charge in [-0.2, -0.15) is 0 Å². The van der Waals surface area contributed by atoms with Gasteiger partial charge in [0.25, 0.3) is 15.9 Å². The minimum absolute atomic E-state index is 0.0189. The first-order valence-electron chi connectivity index (χ1n) is 9.13. The number of aryl methyl sites for hydroxylation is 2. The quantitative estimate of drug-likeness (QED) is 0.477. The second-order valence-corrected chi connectivity index (χ2v) is 9.03. The first-order chi connectivity index (χ1) is 14.2. The molecule has 0 bridgehead atoms. The van der Waals surface area contributed by atoms with E-state index in [0.29, 0.717) is 45.3 Å². The van der Waals surface area contributed by atoms with E-state index in [9.17, 15) is 13.2 Å². The van der Waals surface area contributed by atoms with Crippen molar-refractivity contribution in [2.75, 3.05) is 16.6 Å². The number of hydrogen-bond donors (Lipinski definition) is 2. The van der Waals surface area contributed by atoms with Crippen LogP contribution in [0.4, 0.5) is 11.4 Å². The third kappa shape index (κ3) is 5.03. The van der Waals surface area contributed by atoms with Crippen molar-refractivity contribution in [2.24, 2.45) is 0 Å². The lowest BCUT2D eigenvalue weighted by atomic mass is 10.2. The minimum atomic E-state index is -3.86. The Bertz CT molecular complexity index is 1190. The summed E-state index contributed by atoms with van der Waals surface area (Å²) in [6.45, 7) is 5.81. The molecule has 0 atom stereocenters. The average molecular weight is 493 g/mol. The SMILES string of the molecule is CCOc1ccc(NS(=O)(=O)c2cccc(NC(=O)c3cc(C)oc3C)c2)cc1Br. The number of carbonyl (C=O) groups is 1. The summed E-state index contributed by atoms with van der Waals surface area (Å²) >= 11 is 3.37. The molecule has 1 heterocycles. The highest BCUT2D eigenvalue weighted by Crippen LogP contribution is 2.29. The summed E-state index contributed by atoms with van der Waals surface area (Å²) in [7, 11) is -3.86. The van der Waals surface area contributed by atoms with E-state index in [1.165, 1.54) is 12.1 Å². The van der Waals surface area contributed by atoms with Gasteiger partial charge in [0, 0.05) is 5.69 Å². The summed E-state index contributed by atoms with van der Waals surface area (Å²) in [5.41, 5.74) is 1.14. The third-order valence-electron chi connectivity index (χ3n) is 4.17. The second-order valence-electron chi connectivity index (χ2n) is 6.49. The predicted octanol–water partition coefficient (Wildman–Crippen LogP) is 5.11. The molecule has 30 heavy (non-hydrogen) atoms. The number of sulfonamides is 1. The van der Waals surface area contributed by atoms with Crippen LogP contribution in [0.5, 0.6) is 5.75 Å². The van der Waals surface area contributed by atoms with Gasteiger partial charge in [0.15, 0.2) is 0 Å². The zero-order valence-corrected chi connectivity index (χ0v) is 19.1. The van der Waals surface area contributed by atoms with E-state index in [2.05, 4.69) is 26.0 Å². The average Bonchev–Trinajstić information content (AvgIpc) is 3.02. The maximum atomic E-state index is 12.8. The Hall–Kier alpha value is -2.78. The van der Waals surface area contributed by atoms with Gasteiger partial charge in [-0.05, 0) is 79.2 Å². The molecule has 0 saturated carbocycles. The highest BCUT2D eigenvalue weighted by molar-refractivity contribution is 9.10. The van der Waals surface area contributed by atoms with Gasteiger partial charge in [-0.15, -0.1) is 0 Å². The van der Waals surface area contributed by atoms with Gasteiger partial charge in [-0.3, -0.25) is 9.52 Å². The number of carbonyl (C=O) groups excluding carboxylic acids is 1. The number of anilines is 2. The van der Waals surface area contributed by atoms with E-state index in [-0.39, 0.29) is 10.8 Å². The maximum absolute atomic E-state index is 12.8. The summed E-state index contributed by atoms with van der Waals surface area (Å²) in [6, 6.07) is 12.6. The van der Waals surface area contributed by atoms with E-state index in [0.717, 1.165) is 0 Å². The molecule has 0 saturated heterocycles. The van der Waals surface area contributed by atoms with E-state index in [4.69, 9.17) is 9.15 Å². The molecule has 0 radical (unpaired) electrons. The minimum Gasteiger partial charge on any atom is -0.493 e. The molecule has 2 N–H and O–H groups in total. The summed E-state index contributed by atoms with van der Waals surface area (Å²) in [5.74, 6) is 1.37. The number of hydrogen-bond acceptors (Lipinski definition) is 5. The molecule has 0 spiro atoms. The molecule has 1 amide bonds. The van der Waals surface area contributed by atoms with Crippen LogP contribution >= 0.6 is 15.9 Å². The van der Waals surface area contributed by atoms with Crippen LogP contribution in [-0.2, 0) is 10.0 Å². The first-order valence-corrected chi connectivity index (χ1v) is 11.4. The highest BCUT2D eigenvalue weighted by Gasteiger charge is 2.18. The standard InChI is InChI=1S/C21H21BrN2O5S/c1-4-28-20-9-8-16(12-19(20)22)24-30(26,27)17-7-5-6-15(11-17)23-21(25)18-10-13(2)29-14(18)3/h5-12,24H,4H2,1-3H3,(H,23,25). The van der Waals surface area contributed by atoms with Gasteiger partial charge in [0.2, 0.25) is 0 Å². The van der Waals surface area contributed by atoms with Gasteiger partial charge >= 0.3 is 0 Å². The zero-order valence-electron chi connectivity index (χ0n) is 16.7. The molecule has 0 aliphatic carbocycles. The molecule has 0 unspecified atom stereocenters. The van der Waals surface area contributed by atoms with Crippen LogP contribution in [0.3, 0.4) is 0 Å². The Kier molecular flexibility index (Phi) is 6.52. The maximum Gasteiger partial charge on any atom is 0.261 e. The number of rotatable bonds is 7. The van der Waals surface area contributed by atoms with Crippen LogP contribution in [0.2, 0.25) is 0 Å². The molecule has 0 aliphatic rings. The van der Waals surface area contributed by atoms with Crippen molar-refractivity contribution in [3.8, 4) is 5.75 Å². The van der Waals surface area contributed by atoms with Gasteiger partial charge < -0.3 is 14.5 Å². The fourth-order valence-electron chi connectivity index (χ4n) is 2.85. The Morgan fingerprint density at radius 2 is 1.87 bits per heavy atom. The monoisotopic (exact) mass is 492 g/mol. The number of ether oxygens (including phenoxy) is 1. The number of halogens is 1. The third-order valence-corrected chi connectivity index (χ3v) is 6.17. The summed E-state index contributed by atoms with van der Waals surface area (Å²) in [5, 5.41) is 2.70. The summed E-state index contributed by atoms with van der Waals surface area (Å²) in [4.78, 5) is 12.5. The molecular weight excluding hydrogens is 472 g/mol. The molecule has 7 nitrogen and oxygen atoms in total. The Morgan fingerprint density at radius 3 is 2.50 bits per heavy atom. The predicted molar refractivity (Wildman–Crippen MR) is 119 cm³/mol. The van der Waals surface area contributed by atoms with E-state index < -0.39 is 10.0 Å². The Labute approximate surface area is 183 Å². The van der Waals surface area contributed by atoms with Gasteiger partial charge in [0.05, 0.1) is 27.2 Å². The Morgan fingerprint density at radius 1 is 1.10 bits per heavy atom. The molecule has 0 aliphatic heterocycles. The van der Waals surface area contributed by atoms with Crippen LogP contribution in [0, 0.1) is 13.8 Å². The Balaban J connectivity index is 1.79. The van der Waals surface area contributed by atoms with Crippen LogP contribution in [-0.4, -0.2) is 20.9 Å². The highest BCUT2D eigenvalue weighted by atomic mass is 79.9. The van der Waals surface area contributed by atoms with Crippen molar-refractivity contribution in [3.05, 3.63) is 70.1 Å². The lowest BCUT2D eigenvalue weighted by Crippen LogP contribution is -2.15.